The second-order valence-electron chi connectivity index (χ2n) is 5.97. The van der Waals surface area contributed by atoms with Gasteiger partial charge in [0, 0.05) is 38.9 Å². The molecule has 1 fully saturated rings. The standard InChI is InChI=1S/C19H23N3O2/c1-24-18-17(9-5-10-20-18)19(23)22-12-6-11-21(13-14-22)15-16-7-3-2-4-8-16/h2-5,7-10H,6,11-15H2,1H3. The van der Waals surface area contributed by atoms with E-state index in [0.717, 1.165) is 39.1 Å². The zero-order valence-corrected chi connectivity index (χ0v) is 14.0. The number of carbonyl (C=O) groups excluding carboxylic acids is 1. The molecular formula is C19H23N3O2. The Hall–Kier alpha value is -2.40. The van der Waals surface area contributed by atoms with Crippen LogP contribution in [0.15, 0.2) is 48.7 Å². The van der Waals surface area contributed by atoms with Crippen molar-refractivity contribution in [1.82, 2.24) is 14.8 Å². The van der Waals surface area contributed by atoms with Crippen LogP contribution in [0.3, 0.4) is 0 Å². The molecule has 1 aromatic heterocycles. The van der Waals surface area contributed by atoms with E-state index in [2.05, 4.69) is 34.1 Å². The summed E-state index contributed by atoms with van der Waals surface area (Å²) < 4.78 is 5.22. The van der Waals surface area contributed by atoms with Crippen molar-refractivity contribution >= 4 is 5.91 Å². The van der Waals surface area contributed by atoms with Crippen LogP contribution in [0.4, 0.5) is 0 Å². The second kappa shape index (κ2) is 7.93. The van der Waals surface area contributed by atoms with Crippen LogP contribution >= 0.6 is 0 Å². The minimum atomic E-state index is 0.00140. The smallest absolute Gasteiger partial charge is 0.259 e. The maximum Gasteiger partial charge on any atom is 0.259 e. The predicted molar refractivity (Wildman–Crippen MR) is 93.0 cm³/mol. The van der Waals surface area contributed by atoms with Gasteiger partial charge >= 0.3 is 0 Å². The van der Waals surface area contributed by atoms with Gasteiger partial charge in [0.1, 0.15) is 5.56 Å². The first-order valence-corrected chi connectivity index (χ1v) is 8.32. The van der Waals surface area contributed by atoms with E-state index in [1.165, 1.54) is 5.56 Å². The minimum absolute atomic E-state index is 0.00140. The van der Waals surface area contributed by atoms with Crippen molar-refractivity contribution in [2.24, 2.45) is 0 Å². The Morgan fingerprint density at radius 1 is 1.08 bits per heavy atom. The van der Waals surface area contributed by atoms with Gasteiger partial charge in [-0.25, -0.2) is 4.98 Å². The fourth-order valence-corrected chi connectivity index (χ4v) is 3.06. The molecule has 126 valence electrons. The first kappa shape index (κ1) is 16.5. The molecule has 0 radical (unpaired) electrons. The molecule has 0 saturated carbocycles. The van der Waals surface area contributed by atoms with Crippen LogP contribution in [0.1, 0.15) is 22.3 Å². The van der Waals surface area contributed by atoms with Crippen molar-refractivity contribution in [3.8, 4) is 5.88 Å². The van der Waals surface area contributed by atoms with Gasteiger partial charge in [0.15, 0.2) is 0 Å². The average Bonchev–Trinajstić information content (AvgIpc) is 2.87. The Balaban J connectivity index is 1.64. The van der Waals surface area contributed by atoms with Gasteiger partial charge in [-0.15, -0.1) is 0 Å². The summed E-state index contributed by atoms with van der Waals surface area (Å²) in [5, 5.41) is 0. The summed E-state index contributed by atoms with van der Waals surface area (Å²) in [5.74, 6) is 0.398. The maximum absolute atomic E-state index is 12.8. The molecule has 5 nitrogen and oxygen atoms in total. The highest BCUT2D eigenvalue weighted by molar-refractivity contribution is 5.96. The van der Waals surface area contributed by atoms with Crippen molar-refractivity contribution < 1.29 is 9.53 Å². The molecule has 0 aliphatic carbocycles. The minimum Gasteiger partial charge on any atom is -0.480 e. The Labute approximate surface area is 142 Å². The van der Waals surface area contributed by atoms with Gasteiger partial charge < -0.3 is 9.64 Å². The van der Waals surface area contributed by atoms with Crippen molar-refractivity contribution in [2.75, 3.05) is 33.3 Å². The molecular weight excluding hydrogens is 302 g/mol. The molecule has 1 amide bonds. The molecule has 1 aromatic carbocycles. The molecule has 1 aliphatic heterocycles. The topological polar surface area (TPSA) is 45.7 Å². The van der Waals surface area contributed by atoms with Crippen LogP contribution in [0, 0.1) is 0 Å². The number of hydrogen-bond donors (Lipinski definition) is 0. The SMILES string of the molecule is COc1ncccc1C(=O)N1CCCN(Cc2ccccc2)CC1. The summed E-state index contributed by atoms with van der Waals surface area (Å²) >= 11 is 0. The molecule has 0 atom stereocenters. The van der Waals surface area contributed by atoms with Gasteiger partial charge in [-0.05, 0) is 24.1 Å². The predicted octanol–water partition coefficient (Wildman–Crippen LogP) is 2.44. The Bertz CT molecular complexity index is 675. The molecule has 0 spiro atoms. The van der Waals surface area contributed by atoms with E-state index in [1.54, 1.807) is 25.4 Å². The lowest BCUT2D eigenvalue weighted by Crippen LogP contribution is -2.35. The number of rotatable bonds is 4. The zero-order valence-electron chi connectivity index (χ0n) is 14.0. The molecule has 1 saturated heterocycles. The number of amides is 1. The molecule has 1 aliphatic rings. The molecule has 3 rings (SSSR count). The third-order valence-electron chi connectivity index (χ3n) is 4.32. The third kappa shape index (κ3) is 3.92. The van der Waals surface area contributed by atoms with Crippen molar-refractivity contribution in [1.29, 1.82) is 0 Å². The fraction of sp³-hybridized carbons (Fsp3) is 0.368. The maximum atomic E-state index is 12.8. The number of benzene rings is 1. The van der Waals surface area contributed by atoms with E-state index in [4.69, 9.17) is 4.74 Å². The van der Waals surface area contributed by atoms with E-state index >= 15 is 0 Å². The van der Waals surface area contributed by atoms with E-state index in [0.29, 0.717) is 11.4 Å². The summed E-state index contributed by atoms with van der Waals surface area (Å²) in [7, 11) is 1.54. The number of nitrogens with zero attached hydrogens (tertiary/aromatic N) is 3. The Morgan fingerprint density at radius 2 is 1.92 bits per heavy atom. The lowest BCUT2D eigenvalue weighted by atomic mass is 10.2. The lowest BCUT2D eigenvalue weighted by Gasteiger charge is -2.22. The van der Waals surface area contributed by atoms with Crippen LogP contribution in [0.25, 0.3) is 0 Å². The highest BCUT2D eigenvalue weighted by Crippen LogP contribution is 2.18. The van der Waals surface area contributed by atoms with Gasteiger partial charge in [-0.2, -0.15) is 0 Å². The van der Waals surface area contributed by atoms with Crippen LogP contribution in [-0.4, -0.2) is 54.0 Å². The van der Waals surface area contributed by atoms with Gasteiger partial charge in [-0.3, -0.25) is 9.69 Å². The summed E-state index contributed by atoms with van der Waals surface area (Å²) in [6.07, 6.45) is 2.61. The molecule has 24 heavy (non-hydrogen) atoms. The number of methoxy groups -OCH3 is 1. The average molecular weight is 325 g/mol. The van der Waals surface area contributed by atoms with Gasteiger partial charge in [0.05, 0.1) is 7.11 Å². The molecule has 2 heterocycles. The highest BCUT2D eigenvalue weighted by Gasteiger charge is 2.23. The summed E-state index contributed by atoms with van der Waals surface area (Å²) in [6, 6.07) is 14.0. The van der Waals surface area contributed by atoms with E-state index in [-0.39, 0.29) is 5.91 Å². The largest absolute Gasteiger partial charge is 0.480 e. The van der Waals surface area contributed by atoms with Crippen molar-refractivity contribution in [3.63, 3.8) is 0 Å². The lowest BCUT2D eigenvalue weighted by molar-refractivity contribution is 0.0757. The number of hydrogen-bond acceptors (Lipinski definition) is 4. The normalized spacial score (nSPS) is 15.8. The van der Waals surface area contributed by atoms with Crippen LogP contribution in [0.5, 0.6) is 5.88 Å². The number of ether oxygens (including phenoxy) is 1. The zero-order chi connectivity index (χ0) is 16.8. The van der Waals surface area contributed by atoms with E-state index in [1.807, 2.05) is 11.0 Å². The summed E-state index contributed by atoms with van der Waals surface area (Å²) in [4.78, 5) is 21.2. The first-order valence-electron chi connectivity index (χ1n) is 8.32. The summed E-state index contributed by atoms with van der Waals surface area (Å²) in [5.41, 5.74) is 1.85. The number of carbonyl (C=O) groups is 1. The fourth-order valence-electron chi connectivity index (χ4n) is 3.06. The highest BCUT2D eigenvalue weighted by atomic mass is 16.5. The van der Waals surface area contributed by atoms with Crippen molar-refractivity contribution in [2.45, 2.75) is 13.0 Å². The van der Waals surface area contributed by atoms with Gasteiger partial charge in [0.25, 0.3) is 5.91 Å². The number of pyridine rings is 1. The first-order chi connectivity index (χ1) is 11.8. The monoisotopic (exact) mass is 325 g/mol. The second-order valence-corrected chi connectivity index (χ2v) is 5.97. The Kier molecular flexibility index (Phi) is 5.43. The third-order valence-corrected chi connectivity index (χ3v) is 4.32. The molecule has 2 aromatic rings. The van der Waals surface area contributed by atoms with Gasteiger partial charge in [0.2, 0.25) is 5.88 Å². The summed E-state index contributed by atoms with van der Waals surface area (Å²) in [6.45, 7) is 4.30. The van der Waals surface area contributed by atoms with E-state index in [9.17, 15) is 4.79 Å². The van der Waals surface area contributed by atoms with Crippen molar-refractivity contribution in [3.05, 3.63) is 59.8 Å². The van der Waals surface area contributed by atoms with Crippen LogP contribution in [0.2, 0.25) is 0 Å². The molecule has 5 heteroatoms. The van der Waals surface area contributed by atoms with Crippen LogP contribution in [-0.2, 0) is 6.54 Å². The molecule has 0 unspecified atom stereocenters. The number of aromatic nitrogens is 1. The molecule has 0 N–H and O–H groups in total. The Morgan fingerprint density at radius 3 is 2.71 bits per heavy atom. The van der Waals surface area contributed by atoms with Gasteiger partial charge in [-0.1, -0.05) is 30.3 Å². The quantitative estimate of drug-likeness (QED) is 0.866. The van der Waals surface area contributed by atoms with E-state index < -0.39 is 0 Å². The molecule has 0 bridgehead atoms. The van der Waals surface area contributed by atoms with Crippen LogP contribution < -0.4 is 4.74 Å².